The van der Waals surface area contributed by atoms with Crippen LogP contribution in [0.15, 0.2) is 0 Å². The lowest BCUT2D eigenvalue weighted by atomic mass is 9.56. The van der Waals surface area contributed by atoms with E-state index in [0.717, 1.165) is 5.92 Å². The molecule has 4 aliphatic carbocycles. The van der Waals surface area contributed by atoms with Gasteiger partial charge in [0.1, 0.15) is 0 Å². The van der Waals surface area contributed by atoms with Crippen molar-refractivity contribution < 1.29 is 0 Å². The molecule has 0 aromatic rings. The van der Waals surface area contributed by atoms with E-state index >= 15 is 0 Å². The molecule has 0 amide bonds. The summed E-state index contributed by atoms with van der Waals surface area (Å²) in [6.07, 6.45) is 7.83. The van der Waals surface area contributed by atoms with E-state index in [9.17, 15) is 0 Å². The molecule has 4 bridgehead atoms. The van der Waals surface area contributed by atoms with Crippen LogP contribution in [0.3, 0.4) is 0 Å². The summed E-state index contributed by atoms with van der Waals surface area (Å²) in [6, 6.07) is 0. The normalized spacial score (nSPS) is 64.4. The summed E-state index contributed by atoms with van der Waals surface area (Å²) in [7, 11) is 0. The number of hydrogen-bond acceptors (Lipinski definition) is 0. The molecule has 0 aliphatic heterocycles. The molecule has 13 heavy (non-hydrogen) atoms. The summed E-state index contributed by atoms with van der Waals surface area (Å²) in [5, 5.41) is 0. The van der Waals surface area contributed by atoms with Crippen molar-refractivity contribution in [2.45, 2.75) is 51.1 Å². The summed E-state index contributed by atoms with van der Waals surface area (Å²) >= 11 is 13.3. The Morgan fingerprint density at radius 1 is 1.15 bits per heavy atom. The molecule has 0 aromatic heterocycles. The minimum absolute atomic E-state index is 0.143. The minimum atomic E-state index is 0.143. The van der Waals surface area contributed by atoms with Crippen LogP contribution in [-0.4, -0.2) is 12.6 Å². The predicted molar refractivity (Wildman–Crippen MR) is 68.2 cm³/mol. The van der Waals surface area contributed by atoms with Crippen molar-refractivity contribution in [2.75, 3.05) is 0 Å². The number of alkyl halides is 3. The molecule has 3 heteroatoms. The van der Waals surface area contributed by atoms with E-state index in [1.165, 1.54) is 38.5 Å². The van der Waals surface area contributed by atoms with Gasteiger partial charge >= 0.3 is 0 Å². The molecule has 0 heterocycles. The zero-order chi connectivity index (χ0) is 9.32. The maximum absolute atomic E-state index is 6.68. The summed E-state index contributed by atoms with van der Waals surface area (Å²) < 4.78 is 0.914. The van der Waals surface area contributed by atoms with E-state index in [4.69, 9.17) is 11.6 Å². The number of rotatable bonds is 0. The first-order valence-electron chi connectivity index (χ1n) is 4.97. The van der Waals surface area contributed by atoms with Crippen molar-refractivity contribution in [3.05, 3.63) is 0 Å². The number of halogens is 3. The van der Waals surface area contributed by atoms with Gasteiger partial charge in [0, 0.05) is 12.6 Å². The van der Waals surface area contributed by atoms with E-state index in [-0.39, 0.29) is 4.87 Å². The SMILES string of the molecule is Cl[C@@]12C[C@H]3C[C@@](Br)(C1)C[C@](I)(C3)C2. The highest BCUT2D eigenvalue weighted by Gasteiger charge is 2.61. The Balaban J connectivity index is 2.03. The van der Waals surface area contributed by atoms with Crippen LogP contribution in [-0.2, 0) is 0 Å². The van der Waals surface area contributed by atoms with E-state index < -0.39 is 0 Å². The van der Waals surface area contributed by atoms with Crippen LogP contribution in [0.1, 0.15) is 38.5 Å². The topological polar surface area (TPSA) is 0 Å². The van der Waals surface area contributed by atoms with Crippen molar-refractivity contribution in [3.63, 3.8) is 0 Å². The van der Waals surface area contributed by atoms with E-state index in [1.54, 1.807) is 0 Å². The first-order chi connectivity index (χ1) is 5.91. The molecule has 4 saturated carbocycles. The quantitative estimate of drug-likeness (QED) is 0.438. The van der Waals surface area contributed by atoms with Crippen LogP contribution >= 0.6 is 50.1 Å². The van der Waals surface area contributed by atoms with Gasteiger partial charge in [0.15, 0.2) is 0 Å². The van der Waals surface area contributed by atoms with Crippen LogP contribution in [0, 0.1) is 5.92 Å². The van der Waals surface area contributed by atoms with Crippen LogP contribution in [0.25, 0.3) is 0 Å². The standard InChI is InChI=1S/C10H13BrClI/c11-8-1-7-2-9(12,4-8)6-10(13,3-7)5-8/h7H,1-6H2/t7-,8-,9+,10-/m1/s1. The predicted octanol–water partition coefficient (Wildman–Crippen LogP) is 4.27. The fraction of sp³-hybridized carbons (Fsp3) is 1.00. The maximum atomic E-state index is 6.68. The monoisotopic (exact) mass is 374 g/mol. The zero-order valence-electron chi connectivity index (χ0n) is 7.45. The van der Waals surface area contributed by atoms with Crippen molar-refractivity contribution in [1.29, 1.82) is 0 Å². The first-order valence-corrected chi connectivity index (χ1v) is 7.22. The molecule has 0 N–H and O–H groups in total. The van der Waals surface area contributed by atoms with Gasteiger partial charge in [-0.15, -0.1) is 11.6 Å². The molecule has 4 atom stereocenters. The fourth-order valence-corrected chi connectivity index (χ4v) is 9.35. The molecule has 0 radical (unpaired) electrons. The molecular formula is C10H13BrClI. The summed E-state index contributed by atoms with van der Waals surface area (Å²) in [6.45, 7) is 0. The molecular weight excluding hydrogens is 362 g/mol. The Morgan fingerprint density at radius 3 is 2.46 bits per heavy atom. The van der Waals surface area contributed by atoms with Gasteiger partial charge in [-0.2, -0.15) is 0 Å². The average molecular weight is 375 g/mol. The van der Waals surface area contributed by atoms with Crippen molar-refractivity contribution >= 4 is 50.1 Å². The van der Waals surface area contributed by atoms with Crippen LogP contribution in [0.4, 0.5) is 0 Å². The van der Waals surface area contributed by atoms with Crippen molar-refractivity contribution in [1.82, 2.24) is 0 Å². The third-order valence-corrected chi connectivity index (χ3v) is 6.37. The first kappa shape index (κ1) is 9.71. The van der Waals surface area contributed by atoms with Crippen LogP contribution in [0.2, 0.25) is 0 Å². The van der Waals surface area contributed by atoms with Crippen molar-refractivity contribution in [2.24, 2.45) is 5.92 Å². The van der Waals surface area contributed by atoms with E-state index in [1.807, 2.05) is 0 Å². The molecule has 4 rings (SSSR count). The van der Waals surface area contributed by atoms with Gasteiger partial charge in [-0.1, -0.05) is 38.5 Å². The van der Waals surface area contributed by atoms with Gasteiger partial charge in [-0.25, -0.2) is 0 Å². The van der Waals surface area contributed by atoms with E-state index in [0.29, 0.717) is 7.75 Å². The molecule has 0 saturated heterocycles. The molecule has 4 fully saturated rings. The lowest BCUT2D eigenvalue weighted by Crippen LogP contribution is -2.59. The van der Waals surface area contributed by atoms with Crippen molar-refractivity contribution in [3.8, 4) is 0 Å². The van der Waals surface area contributed by atoms with E-state index in [2.05, 4.69) is 38.5 Å². The highest BCUT2D eigenvalue weighted by Crippen LogP contribution is 2.66. The Labute approximate surface area is 106 Å². The second-order valence-corrected chi connectivity index (χ2v) is 10.2. The Kier molecular flexibility index (Phi) is 1.94. The zero-order valence-corrected chi connectivity index (χ0v) is 12.0. The maximum Gasteiger partial charge on any atom is 0.0475 e. The smallest absolute Gasteiger partial charge is 0.0475 e. The third kappa shape index (κ3) is 1.50. The van der Waals surface area contributed by atoms with Gasteiger partial charge in [0.25, 0.3) is 0 Å². The van der Waals surface area contributed by atoms with Crippen LogP contribution in [0.5, 0.6) is 0 Å². The molecule has 0 nitrogen and oxygen atoms in total. The number of hydrogen-bond donors (Lipinski definition) is 0. The molecule has 0 unspecified atom stereocenters. The highest BCUT2D eigenvalue weighted by molar-refractivity contribution is 14.1. The Hall–Kier alpha value is 1.50. The Morgan fingerprint density at radius 2 is 1.92 bits per heavy atom. The second kappa shape index (κ2) is 2.60. The summed E-state index contributed by atoms with van der Waals surface area (Å²) in [4.78, 5) is 0.143. The minimum Gasteiger partial charge on any atom is -0.119 e. The fourth-order valence-electron chi connectivity index (χ4n) is 4.09. The summed E-state index contributed by atoms with van der Waals surface area (Å²) in [5.41, 5.74) is 0. The van der Waals surface area contributed by atoms with Crippen LogP contribution < -0.4 is 0 Å². The van der Waals surface area contributed by atoms with Gasteiger partial charge < -0.3 is 0 Å². The average Bonchev–Trinajstić information content (AvgIpc) is 1.71. The lowest BCUT2D eigenvalue weighted by Gasteiger charge is -2.61. The lowest BCUT2D eigenvalue weighted by molar-refractivity contribution is 0.0848. The van der Waals surface area contributed by atoms with Gasteiger partial charge in [0.2, 0.25) is 0 Å². The van der Waals surface area contributed by atoms with Gasteiger partial charge in [-0.05, 0) is 44.4 Å². The van der Waals surface area contributed by atoms with Gasteiger partial charge in [-0.3, -0.25) is 0 Å². The Bertz CT molecular complexity index is 217. The molecule has 4 aliphatic rings. The largest absolute Gasteiger partial charge is 0.119 e. The second-order valence-electron chi connectivity index (χ2n) is 5.46. The molecule has 74 valence electrons. The molecule has 0 spiro atoms. The highest BCUT2D eigenvalue weighted by atomic mass is 127. The molecule has 0 aromatic carbocycles. The van der Waals surface area contributed by atoms with Gasteiger partial charge in [0.05, 0.1) is 0 Å². The summed E-state index contributed by atoms with van der Waals surface area (Å²) in [5.74, 6) is 0.894. The third-order valence-electron chi connectivity index (χ3n) is 3.86.